The van der Waals surface area contributed by atoms with Crippen molar-refractivity contribution in [2.75, 3.05) is 40.5 Å². The highest BCUT2D eigenvalue weighted by Crippen LogP contribution is 2.31. The highest BCUT2D eigenvalue weighted by molar-refractivity contribution is 5.78. The maximum atomic E-state index is 6.03. The highest BCUT2D eigenvalue weighted by Gasteiger charge is 2.25. The van der Waals surface area contributed by atoms with Crippen LogP contribution in [0, 0.1) is 0 Å². The molecule has 3 N–H and O–H groups in total. The molecular weight excluding hydrogens is 304 g/mol. The van der Waals surface area contributed by atoms with Crippen molar-refractivity contribution in [2.24, 2.45) is 10.7 Å². The number of hydrogen-bond acceptors (Lipinski definition) is 4. The van der Waals surface area contributed by atoms with Gasteiger partial charge in [-0.25, -0.2) is 0 Å². The molecule has 1 aliphatic rings. The number of aliphatic imine (C=N–C) groups is 1. The lowest BCUT2D eigenvalue weighted by Crippen LogP contribution is -2.41. The Bertz CT molecular complexity index is 530. The Labute approximate surface area is 145 Å². The maximum Gasteiger partial charge on any atom is 0.188 e. The van der Waals surface area contributed by atoms with Gasteiger partial charge in [0.15, 0.2) is 5.96 Å². The second kappa shape index (κ2) is 9.49. The van der Waals surface area contributed by atoms with Crippen molar-refractivity contribution < 1.29 is 9.47 Å². The van der Waals surface area contributed by atoms with Gasteiger partial charge in [-0.05, 0) is 38.9 Å². The summed E-state index contributed by atoms with van der Waals surface area (Å²) in [7, 11) is 3.39. The molecule has 2 atom stereocenters. The van der Waals surface area contributed by atoms with Gasteiger partial charge < -0.3 is 20.5 Å². The summed E-state index contributed by atoms with van der Waals surface area (Å²) in [5.74, 6) is 1.36. The van der Waals surface area contributed by atoms with Gasteiger partial charge in [-0.1, -0.05) is 18.2 Å². The zero-order valence-corrected chi connectivity index (χ0v) is 15.0. The van der Waals surface area contributed by atoms with Crippen molar-refractivity contribution in [1.29, 1.82) is 0 Å². The number of rotatable bonds is 8. The Morgan fingerprint density at radius 2 is 2.00 bits per heavy atom. The number of ether oxygens (including phenoxy) is 2. The van der Waals surface area contributed by atoms with Crippen LogP contribution < -0.4 is 15.8 Å². The number of guanidine groups is 1. The first kappa shape index (κ1) is 18.5. The largest absolute Gasteiger partial charge is 0.496 e. The quantitative estimate of drug-likeness (QED) is 0.560. The van der Waals surface area contributed by atoms with Crippen LogP contribution in [0.4, 0.5) is 0 Å². The lowest BCUT2D eigenvalue weighted by atomic mass is 10.0. The standard InChI is InChI=1S/C18H30N4O2/c1-14(13-23-2)21-18(19)20-12-16(22-10-6-7-11-22)15-8-4-5-9-17(15)24-3/h4-5,8-9,14,16H,6-7,10-13H2,1-3H3,(H3,19,20,21)/t14-,16+/m1/s1. The zero-order valence-electron chi connectivity index (χ0n) is 15.0. The van der Waals surface area contributed by atoms with E-state index in [1.807, 2.05) is 25.1 Å². The van der Waals surface area contributed by atoms with E-state index in [1.165, 1.54) is 18.4 Å². The van der Waals surface area contributed by atoms with Crippen molar-refractivity contribution in [3.63, 3.8) is 0 Å². The summed E-state index contributed by atoms with van der Waals surface area (Å²) in [6.07, 6.45) is 2.46. The van der Waals surface area contributed by atoms with Gasteiger partial charge in [-0.3, -0.25) is 9.89 Å². The molecule has 0 spiro atoms. The third kappa shape index (κ3) is 5.11. The Kier molecular flexibility index (Phi) is 7.34. The van der Waals surface area contributed by atoms with Crippen LogP contribution in [0.1, 0.15) is 31.4 Å². The summed E-state index contributed by atoms with van der Waals surface area (Å²) in [4.78, 5) is 7.04. The SMILES string of the molecule is COC[C@@H](C)NC(N)=NC[C@@H](c1ccccc1OC)N1CCCC1. The molecule has 2 rings (SSSR count). The molecular formula is C18H30N4O2. The van der Waals surface area contributed by atoms with Gasteiger partial charge in [-0.15, -0.1) is 0 Å². The summed E-state index contributed by atoms with van der Waals surface area (Å²) in [6, 6.07) is 8.48. The Morgan fingerprint density at radius 1 is 1.29 bits per heavy atom. The molecule has 0 bridgehead atoms. The van der Waals surface area contributed by atoms with Crippen LogP contribution >= 0.6 is 0 Å². The maximum absolute atomic E-state index is 6.03. The van der Waals surface area contributed by atoms with E-state index in [0.717, 1.165) is 18.8 Å². The van der Waals surface area contributed by atoms with E-state index in [9.17, 15) is 0 Å². The minimum absolute atomic E-state index is 0.134. The van der Waals surface area contributed by atoms with Gasteiger partial charge in [0.25, 0.3) is 0 Å². The average Bonchev–Trinajstić information content (AvgIpc) is 3.10. The van der Waals surface area contributed by atoms with Gasteiger partial charge >= 0.3 is 0 Å². The molecule has 1 saturated heterocycles. The lowest BCUT2D eigenvalue weighted by Gasteiger charge is -2.28. The van der Waals surface area contributed by atoms with Gasteiger partial charge in [0.05, 0.1) is 26.3 Å². The molecule has 1 aromatic carbocycles. The molecule has 0 amide bonds. The van der Waals surface area contributed by atoms with Crippen molar-refractivity contribution in [1.82, 2.24) is 10.2 Å². The number of hydrogen-bond donors (Lipinski definition) is 2. The Hall–Kier alpha value is -1.79. The summed E-state index contributed by atoms with van der Waals surface area (Å²) in [5.41, 5.74) is 7.20. The molecule has 6 heteroatoms. The predicted octanol–water partition coefficient (Wildman–Crippen LogP) is 1.77. The smallest absolute Gasteiger partial charge is 0.188 e. The van der Waals surface area contributed by atoms with Crippen molar-refractivity contribution >= 4 is 5.96 Å². The molecule has 0 aromatic heterocycles. The number of nitrogens with zero attached hydrogens (tertiary/aromatic N) is 2. The van der Waals surface area contributed by atoms with E-state index in [1.54, 1.807) is 14.2 Å². The van der Waals surface area contributed by atoms with E-state index in [2.05, 4.69) is 21.3 Å². The number of methoxy groups -OCH3 is 2. The van der Waals surface area contributed by atoms with Crippen molar-refractivity contribution in [2.45, 2.75) is 31.8 Å². The van der Waals surface area contributed by atoms with E-state index in [4.69, 9.17) is 15.2 Å². The summed E-state index contributed by atoms with van der Waals surface area (Å²) >= 11 is 0. The molecule has 0 radical (unpaired) electrons. The monoisotopic (exact) mass is 334 g/mol. The van der Waals surface area contributed by atoms with Crippen LogP contribution in [0.15, 0.2) is 29.3 Å². The van der Waals surface area contributed by atoms with E-state index in [-0.39, 0.29) is 12.1 Å². The molecule has 1 heterocycles. The van der Waals surface area contributed by atoms with Crippen LogP contribution in [0.3, 0.4) is 0 Å². The van der Waals surface area contributed by atoms with Crippen molar-refractivity contribution in [3.05, 3.63) is 29.8 Å². The lowest BCUT2D eigenvalue weighted by molar-refractivity contribution is 0.179. The second-order valence-electron chi connectivity index (χ2n) is 6.23. The minimum Gasteiger partial charge on any atom is -0.496 e. The molecule has 0 saturated carbocycles. The predicted molar refractivity (Wildman–Crippen MR) is 97.5 cm³/mol. The van der Waals surface area contributed by atoms with Crippen LogP contribution in [0.2, 0.25) is 0 Å². The molecule has 1 fully saturated rings. The topological polar surface area (TPSA) is 72.1 Å². The Morgan fingerprint density at radius 3 is 2.67 bits per heavy atom. The number of nitrogens with one attached hydrogen (secondary N) is 1. The fourth-order valence-corrected chi connectivity index (χ4v) is 3.18. The number of benzene rings is 1. The van der Waals surface area contributed by atoms with E-state index in [0.29, 0.717) is 19.1 Å². The minimum atomic E-state index is 0.134. The molecule has 1 aromatic rings. The zero-order chi connectivity index (χ0) is 17.4. The molecule has 24 heavy (non-hydrogen) atoms. The second-order valence-corrected chi connectivity index (χ2v) is 6.23. The number of nitrogens with two attached hydrogens (primary N) is 1. The fourth-order valence-electron chi connectivity index (χ4n) is 3.18. The van der Waals surface area contributed by atoms with Gasteiger partial charge in [0, 0.05) is 18.7 Å². The summed E-state index contributed by atoms with van der Waals surface area (Å²) in [6.45, 7) is 5.40. The number of para-hydroxylation sites is 1. The van der Waals surface area contributed by atoms with Gasteiger partial charge in [0.2, 0.25) is 0 Å². The van der Waals surface area contributed by atoms with Crippen LogP contribution in [-0.2, 0) is 4.74 Å². The molecule has 0 aliphatic carbocycles. The summed E-state index contributed by atoms with van der Waals surface area (Å²) < 4.78 is 10.7. The molecule has 1 aliphatic heterocycles. The van der Waals surface area contributed by atoms with Crippen molar-refractivity contribution in [3.8, 4) is 5.75 Å². The first-order valence-electron chi connectivity index (χ1n) is 8.58. The van der Waals surface area contributed by atoms with Crippen LogP contribution in [0.5, 0.6) is 5.75 Å². The van der Waals surface area contributed by atoms with Crippen LogP contribution in [0.25, 0.3) is 0 Å². The molecule has 0 unspecified atom stereocenters. The van der Waals surface area contributed by atoms with E-state index < -0.39 is 0 Å². The van der Waals surface area contributed by atoms with Gasteiger partial charge in [-0.2, -0.15) is 0 Å². The third-order valence-corrected chi connectivity index (χ3v) is 4.32. The normalized spacial score (nSPS) is 18.4. The highest BCUT2D eigenvalue weighted by atomic mass is 16.5. The first-order chi connectivity index (χ1) is 11.7. The first-order valence-corrected chi connectivity index (χ1v) is 8.58. The average molecular weight is 334 g/mol. The Balaban J connectivity index is 2.12. The van der Waals surface area contributed by atoms with Crippen LogP contribution in [-0.4, -0.2) is 57.4 Å². The number of likely N-dealkylation sites (tertiary alicyclic amines) is 1. The van der Waals surface area contributed by atoms with Gasteiger partial charge in [0.1, 0.15) is 5.75 Å². The summed E-state index contributed by atoms with van der Waals surface area (Å²) in [5, 5.41) is 3.16. The molecule has 6 nitrogen and oxygen atoms in total. The fraction of sp³-hybridized carbons (Fsp3) is 0.611. The molecule has 134 valence electrons. The van der Waals surface area contributed by atoms with E-state index >= 15 is 0 Å². The third-order valence-electron chi connectivity index (χ3n) is 4.32.